The van der Waals surface area contributed by atoms with Gasteiger partial charge in [0.05, 0.1) is 11.2 Å². The molecule has 0 aliphatic carbocycles. The van der Waals surface area contributed by atoms with Gasteiger partial charge in [-0.3, -0.25) is 0 Å². The third kappa shape index (κ3) is 5.49. The third-order valence-corrected chi connectivity index (χ3v) is 9.14. The minimum Gasteiger partial charge on any atom is -0.247 e. The van der Waals surface area contributed by atoms with Crippen molar-refractivity contribution in [1.82, 2.24) is 19.9 Å². The van der Waals surface area contributed by atoms with Crippen LogP contribution in [0, 0.1) is 0 Å². The van der Waals surface area contributed by atoms with E-state index >= 15 is 0 Å². The lowest BCUT2D eigenvalue weighted by Gasteiger charge is -2.15. The van der Waals surface area contributed by atoms with E-state index in [4.69, 9.17) is 19.9 Å². The van der Waals surface area contributed by atoms with Gasteiger partial charge in [0.1, 0.15) is 0 Å². The molecule has 0 amide bonds. The predicted octanol–water partition coefficient (Wildman–Crippen LogP) is 11.6. The normalized spacial score (nSPS) is 11.2. The summed E-state index contributed by atoms with van der Waals surface area (Å²) in [5.41, 5.74) is 10.5. The highest BCUT2D eigenvalue weighted by atomic mass is 15.0. The molecule has 9 aromatic rings. The molecule has 0 aliphatic rings. The lowest BCUT2D eigenvalue weighted by Crippen LogP contribution is -2.00. The summed E-state index contributed by atoms with van der Waals surface area (Å²) < 4.78 is 0. The van der Waals surface area contributed by atoms with E-state index in [-0.39, 0.29) is 0 Å². The smallest absolute Gasteiger partial charge is 0.164 e. The molecule has 4 nitrogen and oxygen atoms in total. The lowest BCUT2D eigenvalue weighted by molar-refractivity contribution is 1.07. The molecule has 0 fully saturated rings. The van der Waals surface area contributed by atoms with E-state index in [1.807, 2.05) is 60.7 Å². The topological polar surface area (TPSA) is 51.6 Å². The molecule has 2 heterocycles. The van der Waals surface area contributed by atoms with Crippen LogP contribution in [0.3, 0.4) is 0 Å². The Labute approximate surface area is 290 Å². The van der Waals surface area contributed by atoms with E-state index < -0.39 is 0 Å². The minimum atomic E-state index is 0.627. The van der Waals surface area contributed by atoms with Gasteiger partial charge < -0.3 is 0 Å². The van der Waals surface area contributed by atoms with Crippen LogP contribution in [-0.2, 0) is 0 Å². The molecule has 0 saturated carbocycles. The van der Waals surface area contributed by atoms with E-state index in [2.05, 4.69) is 121 Å². The Hall–Kier alpha value is -6.78. The molecule has 0 spiro atoms. The van der Waals surface area contributed by atoms with Crippen LogP contribution in [0.5, 0.6) is 0 Å². The first-order chi connectivity index (χ1) is 24.8. The molecule has 4 heteroatoms. The Kier molecular flexibility index (Phi) is 7.45. The van der Waals surface area contributed by atoms with Crippen LogP contribution in [0.15, 0.2) is 182 Å². The van der Waals surface area contributed by atoms with Crippen molar-refractivity contribution in [3.63, 3.8) is 0 Å². The monoisotopic (exact) mass is 638 g/mol. The number of hydrogen-bond acceptors (Lipinski definition) is 4. The molecule has 0 atom stereocenters. The fraction of sp³-hybridized carbons (Fsp3) is 0. The van der Waals surface area contributed by atoms with Crippen molar-refractivity contribution in [3.8, 4) is 67.7 Å². The Morgan fingerprint density at radius 2 is 0.680 bits per heavy atom. The highest BCUT2D eigenvalue weighted by molar-refractivity contribution is 6.17. The molecule has 234 valence electrons. The van der Waals surface area contributed by atoms with Gasteiger partial charge in [0.2, 0.25) is 0 Å². The number of nitrogens with zero attached hydrogens (tertiary/aromatic N) is 4. The van der Waals surface area contributed by atoms with Gasteiger partial charge in [0, 0.05) is 38.4 Å². The standard InChI is InChI=1S/C46H30N4/c1-4-13-31(14-5-1)32-23-25-33(26-24-32)38-20-12-21-40-42(38)39-19-10-11-22-41(39)47-43(40)34-27-29-37(30-28-34)46-49-44(35-15-6-2-7-16-35)48-45(50-46)36-17-8-3-9-18-36/h1-30H. The summed E-state index contributed by atoms with van der Waals surface area (Å²) in [4.78, 5) is 19.9. The number of para-hydroxylation sites is 1. The second-order valence-electron chi connectivity index (χ2n) is 12.3. The fourth-order valence-electron chi connectivity index (χ4n) is 6.65. The molecule has 7 aromatic carbocycles. The maximum atomic E-state index is 5.23. The molecule has 0 bridgehead atoms. The van der Waals surface area contributed by atoms with Gasteiger partial charge >= 0.3 is 0 Å². The first-order valence-corrected chi connectivity index (χ1v) is 16.7. The van der Waals surface area contributed by atoms with Gasteiger partial charge in [-0.2, -0.15) is 0 Å². The molecule has 0 N–H and O–H groups in total. The molecular weight excluding hydrogens is 609 g/mol. The van der Waals surface area contributed by atoms with Crippen molar-refractivity contribution in [3.05, 3.63) is 182 Å². The Bertz CT molecular complexity index is 2540. The van der Waals surface area contributed by atoms with E-state index in [0.29, 0.717) is 17.5 Å². The van der Waals surface area contributed by atoms with E-state index in [9.17, 15) is 0 Å². The number of pyridine rings is 1. The Balaban J connectivity index is 1.15. The van der Waals surface area contributed by atoms with Gasteiger partial charge in [0.25, 0.3) is 0 Å². The van der Waals surface area contributed by atoms with Gasteiger partial charge in [-0.05, 0) is 28.3 Å². The number of aromatic nitrogens is 4. The fourth-order valence-corrected chi connectivity index (χ4v) is 6.65. The average Bonchev–Trinajstić information content (AvgIpc) is 3.21. The summed E-state index contributed by atoms with van der Waals surface area (Å²) in [6.45, 7) is 0. The summed E-state index contributed by atoms with van der Waals surface area (Å²) in [7, 11) is 0. The quantitative estimate of drug-likeness (QED) is 0.170. The molecule has 0 aliphatic heterocycles. The zero-order valence-corrected chi connectivity index (χ0v) is 27.1. The van der Waals surface area contributed by atoms with Crippen molar-refractivity contribution in [2.45, 2.75) is 0 Å². The number of benzene rings is 7. The van der Waals surface area contributed by atoms with Gasteiger partial charge in [-0.25, -0.2) is 19.9 Å². The lowest BCUT2D eigenvalue weighted by atomic mass is 9.92. The third-order valence-electron chi connectivity index (χ3n) is 9.14. The van der Waals surface area contributed by atoms with Crippen molar-refractivity contribution in [2.24, 2.45) is 0 Å². The average molecular weight is 639 g/mol. The molecular formula is C46H30N4. The number of fused-ring (bicyclic) bond motifs is 3. The molecule has 0 radical (unpaired) electrons. The van der Waals surface area contributed by atoms with Gasteiger partial charge in [-0.1, -0.05) is 176 Å². The molecule has 2 aromatic heterocycles. The number of rotatable bonds is 6. The van der Waals surface area contributed by atoms with Crippen molar-refractivity contribution >= 4 is 21.7 Å². The van der Waals surface area contributed by atoms with Crippen molar-refractivity contribution in [2.75, 3.05) is 0 Å². The second-order valence-corrected chi connectivity index (χ2v) is 12.3. The molecule has 0 saturated heterocycles. The van der Waals surface area contributed by atoms with Gasteiger partial charge in [-0.15, -0.1) is 0 Å². The zero-order chi connectivity index (χ0) is 33.3. The summed E-state index contributed by atoms with van der Waals surface area (Å²) in [6.07, 6.45) is 0. The SMILES string of the molecule is c1ccc(-c2ccc(-c3cccc4c(-c5ccc(-c6nc(-c7ccccc7)nc(-c7ccccc7)n6)cc5)nc5ccccc5c34)cc2)cc1. The number of hydrogen-bond donors (Lipinski definition) is 0. The molecule has 9 rings (SSSR count). The zero-order valence-electron chi connectivity index (χ0n) is 27.1. The predicted molar refractivity (Wildman–Crippen MR) is 205 cm³/mol. The van der Waals surface area contributed by atoms with Crippen LogP contribution >= 0.6 is 0 Å². The first kappa shape index (κ1) is 29.4. The van der Waals surface area contributed by atoms with Crippen LogP contribution < -0.4 is 0 Å². The van der Waals surface area contributed by atoms with Crippen molar-refractivity contribution < 1.29 is 0 Å². The maximum absolute atomic E-state index is 5.23. The van der Waals surface area contributed by atoms with Crippen LogP contribution in [0.2, 0.25) is 0 Å². The summed E-state index contributed by atoms with van der Waals surface area (Å²) in [5.74, 6) is 1.91. The second kappa shape index (κ2) is 12.7. The Morgan fingerprint density at radius 3 is 1.28 bits per heavy atom. The first-order valence-electron chi connectivity index (χ1n) is 16.7. The van der Waals surface area contributed by atoms with Crippen LogP contribution in [0.4, 0.5) is 0 Å². The summed E-state index contributed by atoms with van der Waals surface area (Å²) in [6, 6.07) is 62.9. The summed E-state index contributed by atoms with van der Waals surface area (Å²) in [5, 5.41) is 3.44. The van der Waals surface area contributed by atoms with Gasteiger partial charge in [0.15, 0.2) is 17.5 Å². The summed E-state index contributed by atoms with van der Waals surface area (Å²) >= 11 is 0. The molecule has 0 unspecified atom stereocenters. The minimum absolute atomic E-state index is 0.627. The van der Waals surface area contributed by atoms with Crippen LogP contribution in [0.25, 0.3) is 89.4 Å². The largest absolute Gasteiger partial charge is 0.247 e. The van der Waals surface area contributed by atoms with E-state index in [1.54, 1.807) is 0 Å². The molecule has 50 heavy (non-hydrogen) atoms. The maximum Gasteiger partial charge on any atom is 0.164 e. The highest BCUT2D eigenvalue weighted by Crippen LogP contribution is 2.39. The van der Waals surface area contributed by atoms with E-state index in [1.165, 1.54) is 27.6 Å². The van der Waals surface area contributed by atoms with E-state index in [0.717, 1.165) is 44.2 Å². The highest BCUT2D eigenvalue weighted by Gasteiger charge is 2.16. The van der Waals surface area contributed by atoms with Crippen LogP contribution in [-0.4, -0.2) is 19.9 Å². The van der Waals surface area contributed by atoms with Crippen LogP contribution in [0.1, 0.15) is 0 Å². The Morgan fingerprint density at radius 1 is 0.260 bits per heavy atom. The van der Waals surface area contributed by atoms with Crippen molar-refractivity contribution in [1.29, 1.82) is 0 Å².